The van der Waals surface area contributed by atoms with Crippen molar-refractivity contribution in [1.82, 2.24) is 15.1 Å². The molecule has 3 saturated heterocycles. The van der Waals surface area contributed by atoms with Gasteiger partial charge in [-0.2, -0.15) is 18.4 Å². The van der Waals surface area contributed by atoms with Crippen molar-refractivity contribution in [3.8, 4) is 11.8 Å². The van der Waals surface area contributed by atoms with E-state index in [0.717, 1.165) is 53.4 Å². The molecule has 0 saturated carbocycles. The highest BCUT2D eigenvalue weighted by Gasteiger charge is 2.51. The molecule has 59 heavy (non-hydrogen) atoms. The maximum atomic E-state index is 13.8. The summed E-state index contributed by atoms with van der Waals surface area (Å²) in [6, 6.07) is 17.8. The minimum absolute atomic E-state index is 0.0223. The number of ketones is 1. The molecule has 3 aromatic carbocycles. The summed E-state index contributed by atoms with van der Waals surface area (Å²) < 4.78 is 47.6. The van der Waals surface area contributed by atoms with Gasteiger partial charge in [0.15, 0.2) is 10.9 Å². The van der Waals surface area contributed by atoms with E-state index in [1.165, 1.54) is 6.07 Å². The number of benzene rings is 3. The Bertz CT molecular complexity index is 2190. The number of nitrogens with one attached hydrogen (secondary N) is 1. The minimum atomic E-state index is -4.79. The van der Waals surface area contributed by atoms with Gasteiger partial charge in [0.05, 0.1) is 28.9 Å². The molecule has 11 nitrogen and oxygen atoms in total. The van der Waals surface area contributed by atoms with Gasteiger partial charge in [0, 0.05) is 56.7 Å². The van der Waals surface area contributed by atoms with Crippen molar-refractivity contribution < 1.29 is 37.1 Å². The number of halogens is 3. The minimum Gasteiger partial charge on any atom is -0.492 e. The van der Waals surface area contributed by atoms with Crippen molar-refractivity contribution in [2.75, 3.05) is 42.6 Å². The van der Waals surface area contributed by atoms with Crippen LogP contribution in [0.5, 0.6) is 5.75 Å². The molecule has 3 aromatic rings. The van der Waals surface area contributed by atoms with Crippen LogP contribution in [-0.4, -0.2) is 88.8 Å². The molecule has 3 amide bonds. The predicted octanol–water partition coefficient (Wildman–Crippen LogP) is 6.24. The number of anilines is 2. The van der Waals surface area contributed by atoms with E-state index in [4.69, 9.17) is 17.0 Å². The number of carbonyl (C=O) groups is 4. The third kappa shape index (κ3) is 9.35. The Morgan fingerprint density at radius 3 is 2.46 bits per heavy atom. The third-order valence-electron chi connectivity index (χ3n) is 11.6. The Hall–Kier alpha value is -5.17. The van der Waals surface area contributed by atoms with Gasteiger partial charge in [-0.25, -0.2) is 0 Å². The van der Waals surface area contributed by atoms with E-state index >= 15 is 0 Å². The van der Waals surface area contributed by atoms with E-state index in [0.29, 0.717) is 56.7 Å². The fourth-order valence-electron chi connectivity index (χ4n) is 8.31. The van der Waals surface area contributed by atoms with Crippen LogP contribution < -0.4 is 19.9 Å². The standard InChI is InChI=1S/C44H49F3N6O5S/c1-6-31-23-35(53-42(59)52(41(57)43(53,4)5)34-12-10-33(25-48)36(24-34)44(45,46)47)13-14-38(31)58-19-18-50-16-17-51(27(2)26-50)28(3)37(54)22-30-9-7-8-29(20-30)21-32-11-15-39(55)49-40(32)56/h7-10,12-14,20,23-24,27-28,32H,6,11,15-19,21-22,26H2,1-5H3,(H,49,55,56)/t27-,28+,32?/m1/s1. The smallest absolute Gasteiger partial charge is 0.417 e. The number of rotatable bonds is 13. The first-order chi connectivity index (χ1) is 27.9. The van der Waals surface area contributed by atoms with Crippen LogP contribution in [0.15, 0.2) is 60.7 Å². The highest BCUT2D eigenvalue weighted by molar-refractivity contribution is 7.81. The van der Waals surface area contributed by atoms with Crippen LogP contribution >= 0.6 is 12.2 Å². The van der Waals surface area contributed by atoms with E-state index in [1.807, 2.05) is 50.2 Å². The molecular formula is C44H49F3N6O5S. The molecule has 3 aliphatic rings. The monoisotopic (exact) mass is 830 g/mol. The quantitative estimate of drug-likeness (QED) is 0.157. The zero-order valence-corrected chi connectivity index (χ0v) is 34.7. The molecule has 6 rings (SSSR count). The fourth-order valence-corrected chi connectivity index (χ4v) is 8.83. The van der Waals surface area contributed by atoms with Gasteiger partial charge in [0.2, 0.25) is 11.8 Å². The molecule has 3 atom stereocenters. The first kappa shape index (κ1) is 43.4. The highest BCUT2D eigenvalue weighted by Crippen LogP contribution is 2.40. The van der Waals surface area contributed by atoms with Gasteiger partial charge in [-0.3, -0.25) is 39.2 Å². The number of thiocarbonyl (C=S) groups is 1. The third-order valence-corrected chi connectivity index (χ3v) is 12.0. The van der Waals surface area contributed by atoms with Crippen LogP contribution in [-0.2, 0) is 44.6 Å². The van der Waals surface area contributed by atoms with Crippen LogP contribution in [0.1, 0.15) is 75.3 Å². The normalized spacial score (nSPS) is 20.7. The highest BCUT2D eigenvalue weighted by atomic mass is 32.1. The molecule has 15 heteroatoms. The fraction of sp³-hybridized carbons (Fsp3) is 0.455. The Morgan fingerprint density at radius 1 is 1.05 bits per heavy atom. The molecule has 1 N–H and O–H groups in total. The second-order valence-electron chi connectivity index (χ2n) is 16.0. The summed E-state index contributed by atoms with van der Waals surface area (Å²) in [5.41, 5.74) is 0.374. The number of nitriles is 1. The number of nitrogens with zero attached hydrogens (tertiary/aromatic N) is 5. The molecule has 0 radical (unpaired) electrons. The maximum absolute atomic E-state index is 13.8. The molecule has 0 aromatic heterocycles. The number of ether oxygens (including phenoxy) is 1. The van der Waals surface area contributed by atoms with Crippen LogP contribution in [0.4, 0.5) is 24.5 Å². The summed E-state index contributed by atoms with van der Waals surface area (Å²) >= 11 is 5.72. The Balaban J connectivity index is 1.03. The molecule has 0 aliphatic carbocycles. The first-order valence-corrected chi connectivity index (χ1v) is 20.3. The maximum Gasteiger partial charge on any atom is 0.417 e. The SMILES string of the molecule is CCc1cc(N2C(=S)N(c3ccc(C#N)c(C(F)(F)F)c3)C(=O)C2(C)C)ccc1OCCN1CCN([C@@H](C)C(=O)Cc2cccc(CC3CCC(=O)NC3=O)c2)[C@H](C)C1. The summed E-state index contributed by atoms with van der Waals surface area (Å²) in [4.78, 5) is 58.3. The number of piperazine rings is 1. The van der Waals surface area contributed by atoms with Crippen LogP contribution in [0.2, 0.25) is 0 Å². The lowest BCUT2D eigenvalue weighted by Gasteiger charge is -2.42. The number of amides is 3. The second kappa shape index (κ2) is 17.6. The van der Waals surface area contributed by atoms with E-state index < -0.39 is 28.7 Å². The first-order valence-electron chi connectivity index (χ1n) is 19.9. The number of imide groups is 1. The number of aryl methyl sites for hydroxylation is 1. The van der Waals surface area contributed by atoms with E-state index in [-0.39, 0.29) is 46.4 Å². The number of Topliss-reactive ketones (excluding diaryl/α,β-unsaturated/α-hetero) is 1. The number of alkyl halides is 3. The summed E-state index contributed by atoms with van der Waals surface area (Å²) in [5, 5.41) is 11.7. The van der Waals surface area contributed by atoms with Crippen molar-refractivity contribution in [3.63, 3.8) is 0 Å². The molecular weight excluding hydrogens is 782 g/mol. The van der Waals surface area contributed by atoms with Gasteiger partial charge in [-0.05, 0) is 112 Å². The molecule has 3 aliphatic heterocycles. The second-order valence-corrected chi connectivity index (χ2v) is 16.4. The van der Waals surface area contributed by atoms with Gasteiger partial charge in [0.1, 0.15) is 17.9 Å². The van der Waals surface area contributed by atoms with Crippen LogP contribution in [0.3, 0.4) is 0 Å². The number of hydrogen-bond donors (Lipinski definition) is 1. The lowest BCUT2D eigenvalue weighted by Crippen LogP contribution is -2.57. The topological polar surface area (TPSA) is 126 Å². The van der Waals surface area contributed by atoms with E-state index in [1.54, 1.807) is 30.9 Å². The van der Waals surface area contributed by atoms with Crippen molar-refractivity contribution >= 4 is 52.2 Å². The molecule has 0 spiro atoms. The zero-order chi connectivity index (χ0) is 42.8. The summed E-state index contributed by atoms with van der Waals surface area (Å²) in [7, 11) is 0. The molecule has 0 bridgehead atoms. The summed E-state index contributed by atoms with van der Waals surface area (Å²) in [6.07, 6.45) is -2.50. The predicted molar refractivity (Wildman–Crippen MR) is 221 cm³/mol. The average Bonchev–Trinajstić information content (AvgIpc) is 3.37. The van der Waals surface area contributed by atoms with Crippen molar-refractivity contribution in [1.29, 1.82) is 5.26 Å². The van der Waals surface area contributed by atoms with Gasteiger partial charge in [-0.1, -0.05) is 31.2 Å². The number of hydrogen-bond acceptors (Lipinski definition) is 9. The largest absolute Gasteiger partial charge is 0.492 e. The molecule has 312 valence electrons. The molecule has 3 fully saturated rings. The van der Waals surface area contributed by atoms with Gasteiger partial charge in [0.25, 0.3) is 5.91 Å². The lowest BCUT2D eigenvalue weighted by atomic mass is 9.90. The van der Waals surface area contributed by atoms with Crippen molar-refractivity contribution in [3.05, 3.63) is 88.5 Å². The zero-order valence-electron chi connectivity index (χ0n) is 33.9. The van der Waals surface area contributed by atoms with Gasteiger partial charge < -0.3 is 9.64 Å². The van der Waals surface area contributed by atoms with Crippen molar-refractivity contribution in [2.45, 2.75) is 90.5 Å². The summed E-state index contributed by atoms with van der Waals surface area (Å²) in [5.74, 6) is -0.421. The number of carbonyl (C=O) groups excluding carboxylic acids is 4. The van der Waals surface area contributed by atoms with E-state index in [9.17, 15) is 37.6 Å². The Morgan fingerprint density at radius 2 is 1.78 bits per heavy atom. The van der Waals surface area contributed by atoms with Gasteiger partial charge >= 0.3 is 6.18 Å². The molecule has 1 unspecified atom stereocenters. The lowest BCUT2D eigenvalue weighted by molar-refractivity contribution is -0.138. The van der Waals surface area contributed by atoms with Gasteiger partial charge in [-0.15, -0.1) is 0 Å². The number of piperidine rings is 1. The Kier molecular flexibility index (Phi) is 12.9. The van der Waals surface area contributed by atoms with Crippen molar-refractivity contribution in [2.24, 2.45) is 5.92 Å². The molecule has 3 heterocycles. The van der Waals surface area contributed by atoms with Crippen LogP contribution in [0.25, 0.3) is 0 Å². The average molecular weight is 831 g/mol. The van der Waals surface area contributed by atoms with Crippen LogP contribution in [0, 0.1) is 17.2 Å². The van der Waals surface area contributed by atoms with E-state index in [2.05, 4.69) is 22.0 Å². The Labute approximate surface area is 348 Å². The summed E-state index contributed by atoms with van der Waals surface area (Å²) in [6.45, 7) is 12.7.